The fourth-order valence-corrected chi connectivity index (χ4v) is 8.58. The molecule has 0 saturated heterocycles. The molecule has 3 N–H and O–H groups in total. The van der Waals surface area contributed by atoms with E-state index in [4.69, 9.17) is 4.74 Å². The molecule has 1 amide bonds. The molecule has 61 heavy (non-hydrogen) atoms. The third kappa shape index (κ3) is 47.9. The molecule has 0 aliphatic rings. The molecular weight excluding hydrogens is 755 g/mol. The standard InChI is InChI=1S/C55H107NO5/c1-3-5-7-9-11-13-15-17-23-27-31-35-39-43-47-53(58)52(51-57)56-54(59)48-44-40-36-32-28-24-21-19-20-22-26-30-34-38-42-46-50-61-55(60)49-45-41-37-33-29-25-18-16-14-12-10-8-6-4-2/h43,47,52-53,57-58H,3-42,44-46,48-51H2,1-2H3,(H,56,59)/b47-43+. The zero-order valence-electron chi connectivity index (χ0n) is 41.2. The molecule has 0 aromatic carbocycles. The van der Waals surface area contributed by atoms with Crippen molar-refractivity contribution in [3.05, 3.63) is 12.2 Å². The average Bonchev–Trinajstić information content (AvgIpc) is 3.26. The number of hydrogen-bond acceptors (Lipinski definition) is 5. The van der Waals surface area contributed by atoms with E-state index < -0.39 is 12.1 Å². The van der Waals surface area contributed by atoms with E-state index in [1.54, 1.807) is 6.08 Å². The molecule has 2 unspecified atom stereocenters. The van der Waals surface area contributed by atoms with E-state index >= 15 is 0 Å². The molecular formula is C55H107NO5. The summed E-state index contributed by atoms with van der Waals surface area (Å²) < 4.78 is 5.47. The van der Waals surface area contributed by atoms with Gasteiger partial charge in [0.2, 0.25) is 5.91 Å². The molecule has 0 aromatic rings. The number of ether oxygens (including phenoxy) is 1. The van der Waals surface area contributed by atoms with Crippen LogP contribution < -0.4 is 5.32 Å². The number of carbonyl (C=O) groups excluding carboxylic acids is 2. The van der Waals surface area contributed by atoms with Crippen molar-refractivity contribution in [1.82, 2.24) is 5.32 Å². The maximum Gasteiger partial charge on any atom is 0.305 e. The van der Waals surface area contributed by atoms with Gasteiger partial charge in [-0.15, -0.1) is 0 Å². The third-order valence-electron chi connectivity index (χ3n) is 12.8. The molecule has 0 aromatic heterocycles. The summed E-state index contributed by atoms with van der Waals surface area (Å²) in [6.07, 6.45) is 59.3. The number of esters is 1. The molecule has 0 heterocycles. The zero-order valence-corrected chi connectivity index (χ0v) is 41.2. The van der Waals surface area contributed by atoms with Crippen molar-refractivity contribution in [3.63, 3.8) is 0 Å². The molecule has 0 aliphatic heterocycles. The van der Waals surface area contributed by atoms with Gasteiger partial charge in [0.15, 0.2) is 0 Å². The molecule has 0 spiro atoms. The Hall–Kier alpha value is -1.40. The first-order chi connectivity index (χ1) is 30.0. The molecule has 0 bridgehead atoms. The van der Waals surface area contributed by atoms with Gasteiger partial charge in [0.1, 0.15) is 0 Å². The van der Waals surface area contributed by atoms with Gasteiger partial charge in [-0.3, -0.25) is 9.59 Å². The molecule has 0 radical (unpaired) electrons. The maximum atomic E-state index is 12.4. The summed E-state index contributed by atoms with van der Waals surface area (Å²) in [5, 5.41) is 23.1. The summed E-state index contributed by atoms with van der Waals surface area (Å²) in [6, 6.07) is -0.631. The highest BCUT2D eigenvalue weighted by Gasteiger charge is 2.18. The number of allylic oxidation sites excluding steroid dienone is 1. The van der Waals surface area contributed by atoms with Crippen molar-refractivity contribution in [1.29, 1.82) is 0 Å². The molecule has 0 fully saturated rings. The summed E-state index contributed by atoms with van der Waals surface area (Å²) in [7, 11) is 0. The second-order valence-electron chi connectivity index (χ2n) is 18.9. The van der Waals surface area contributed by atoms with Crippen molar-refractivity contribution in [2.45, 2.75) is 315 Å². The first kappa shape index (κ1) is 59.6. The van der Waals surface area contributed by atoms with Gasteiger partial charge in [0.25, 0.3) is 0 Å². The minimum Gasteiger partial charge on any atom is -0.466 e. The predicted molar refractivity (Wildman–Crippen MR) is 264 cm³/mol. The lowest BCUT2D eigenvalue weighted by Gasteiger charge is -2.20. The Labute approximate surface area is 380 Å². The van der Waals surface area contributed by atoms with E-state index in [2.05, 4.69) is 19.2 Å². The van der Waals surface area contributed by atoms with Crippen LogP contribution in [0.25, 0.3) is 0 Å². The average molecular weight is 862 g/mol. The van der Waals surface area contributed by atoms with E-state index in [1.165, 1.54) is 231 Å². The second kappa shape index (κ2) is 51.2. The first-order valence-electron chi connectivity index (χ1n) is 27.5. The van der Waals surface area contributed by atoms with Crippen molar-refractivity contribution in [2.24, 2.45) is 0 Å². The molecule has 0 rings (SSSR count). The lowest BCUT2D eigenvalue weighted by Crippen LogP contribution is -2.45. The summed E-state index contributed by atoms with van der Waals surface area (Å²) in [6.45, 7) is 4.90. The Morgan fingerprint density at radius 2 is 0.754 bits per heavy atom. The monoisotopic (exact) mass is 862 g/mol. The SMILES string of the molecule is CCCCCCCCCCCCCC/C=C/C(O)C(CO)NC(=O)CCCCCCCCCCCCCCCCCCOC(=O)CCCCCCCCCCCCCCCC. The van der Waals surface area contributed by atoms with Crippen LogP contribution in [0, 0.1) is 0 Å². The number of aliphatic hydroxyl groups excluding tert-OH is 2. The van der Waals surface area contributed by atoms with Crippen molar-refractivity contribution in [2.75, 3.05) is 13.2 Å². The molecule has 0 aliphatic carbocycles. The smallest absolute Gasteiger partial charge is 0.305 e. The zero-order chi connectivity index (χ0) is 44.4. The fourth-order valence-electron chi connectivity index (χ4n) is 8.58. The Balaban J connectivity index is 3.43. The lowest BCUT2D eigenvalue weighted by molar-refractivity contribution is -0.143. The van der Waals surface area contributed by atoms with E-state index in [0.717, 1.165) is 44.9 Å². The largest absolute Gasteiger partial charge is 0.466 e. The van der Waals surface area contributed by atoms with Gasteiger partial charge in [-0.1, -0.05) is 270 Å². The Kier molecular flexibility index (Phi) is 50.1. The number of aliphatic hydroxyl groups is 2. The normalized spacial score (nSPS) is 12.7. The van der Waals surface area contributed by atoms with Crippen LogP contribution in [-0.4, -0.2) is 47.4 Å². The van der Waals surface area contributed by atoms with Crippen LogP contribution in [0.4, 0.5) is 0 Å². The summed E-state index contributed by atoms with van der Waals surface area (Å²) in [4.78, 5) is 24.5. The minimum absolute atomic E-state index is 0.00466. The number of amides is 1. The van der Waals surface area contributed by atoms with Crippen molar-refractivity contribution in [3.8, 4) is 0 Å². The van der Waals surface area contributed by atoms with Crippen LogP contribution in [-0.2, 0) is 14.3 Å². The van der Waals surface area contributed by atoms with Gasteiger partial charge in [0.05, 0.1) is 25.4 Å². The van der Waals surface area contributed by atoms with Crippen molar-refractivity contribution >= 4 is 11.9 Å². The summed E-state index contributed by atoms with van der Waals surface area (Å²) in [5.74, 6) is -0.0688. The van der Waals surface area contributed by atoms with Gasteiger partial charge < -0.3 is 20.3 Å². The summed E-state index contributed by atoms with van der Waals surface area (Å²) in [5.41, 5.74) is 0. The highest BCUT2D eigenvalue weighted by Crippen LogP contribution is 2.17. The highest BCUT2D eigenvalue weighted by atomic mass is 16.5. The number of hydrogen-bond donors (Lipinski definition) is 3. The first-order valence-corrected chi connectivity index (χ1v) is 27.5. The fraction of sp³-hybridized carbons (Fsp3) is 0.927. The van der Waals surface area contributed by atoms with Crippen LogP contribution in [0.2, 0.25) is 0 Å². The Morgan fingerprint density at radius 3 is 1.11 bits per heavy atom. The number of rotatable bonds is 51. The Bertz CT molecular complexity index is 909. The molecule has 0 saturated carbocycles. The molecule has 6 heteroatoms. The number of nitrogens with one attached hydrogen (secondary N) is 1. The van der Waals surface area contributed by atoms with Crippen molar-refractivity contribution < 1.29 is 24.5 Å². The molecule has 362 valence electrons. The van der Waals surface area contributed by atoms with Gasteiger partial charge in [-0.05, 0) is 32.1 Å². The maximum absolute atomic E-state index is 12.4. The van der Waals surface area contributed by atoms with Gasteiger partial charge in [-0.2, -0.15) is 0 Å². The topological polar surface area (TPSA) is 95.9 Å². The van der Waals surface area contributed by atoms with Crippen LogP contribution >= 0.6 is 0 Å². The number of unbranched alkanes of at least 4 members (excludes halogenated alkanes) is 40. The number of carbonyl (C=O) groups is 2. The third-order valence-corrected chi connectivity index (χ3v) is 12.8. The second-order valence-corrected chi connectivity index (χ2v) is 18.9. The van der Waals surface area contributed by atoms with Gasteiger partial charge in [-0.25, -0.2) is 0 Å². The van der Waals surface area contributed by atoms with E-state index in [0.29, 0.717) is 19.4 Å². The molecule has 2 atom stereocenters. The lowest BCUT2D eigenvalue weighted by atomic mass is 10.0. The van der Waals surface area contributed by atoms with Gasteiger partial charge >= 0.3 is 5.97 Å². The quantitative estimate of drug-likeness (QED) is 0.0322. The summed E-state index contributed by atoms with van der Waals surface area (Å²) >= 11 is 0. The van der Waals surface area contributed by atoms with Crippen LogP contribution in [0.1, 0.15) is 303 Å². The highest BCUT2D eigenvalue weighted by molar-refractivity contribution is 5.76. The van der Waals surface area contributed by atoms with E-state index in [-0.39, 0.29) is 18.5 Å². The Morgan fingerprint density at radius 1 is 0.443 bits per heavy atom. The van der Waals surface area contributed by atoms with Crippen LogP contribution in [0.15, 0.2) is 12.2 Å². The predicted octanol–water partition coefficient (Wildman–Crippen LogP) is 16.5. The van der Waals surface area contributed by atoms with Crippen LogP contribution in [0.3, 0.4) is 0 Å². The van der Waals surface area contributed by atoms with E-state index in [9.17, 15) is 19.8 Å². The molecule has 6 nitrogen and oxygen atoms in total. The minimum atomic E-state index is -0.847. The van der Waals surface area contributed by atoms with E-state index in [1.807, 2.05) is 6.08 Å². The van der Waals surface area contributed by atoms with Gasteiger partial charge in [0, 0.05) is 12.8 Å². The van der Waals surface area contributed by atoms with Crippen LogP contribution in [0.5, 0.6) is 0 Å².